The largest absolute Gasteiger partial charge is 0.323 e. The van der Waals surface area contributed by atoms with Crippen molar-refractivity contribution in [3.05, 3.63) is 87.2 Å². The van der Waals surface area contributed by atoms with Gasteiger partial charge in [0.2, 0.25) is 0 Å². The number of fused-ring (bicyclic) bond motifs is 1. The second-order valence-corrected chi connectivity index (χ2v) is 7.42. The summed E-state index contributed by atoms with van der Waals surface area (Å²) < 4.78 is 15.0. The lowest BCUT2D eigenvalue weighted by atomic mass is 10.1. The highest BCUT2D eigenvalue weighted by Crippen LogP contribution is 2.30. The number of aromatic amines is 1. The number of hydrogen-bond acceptors (Lipinski definition) is 3. The van der Waals surface area contributed by atoms with Crippen molar-refractivity contribution < 1.29 is 4.39 Å². The zero-order valence-electron chi connectivity index (χ0n) is 13.7. The molecule has 2 aromatic carbocycles. The van der Waals surface area contributed by atoms with E-state index in [1.54, 1.807) is 16.7 Å². The Bertz CT molecular complexity index is 1170. The molecule has 0 amide bonds. The van der Waals surface area contributed by atoms with Gasteiger partial charge in [-0.25, -0.2) is 4.39 Å². The van der Waals surface area contributed by atoms with E-state index in [1.165, 1.54) is 23.5 Å². The first-order valence-electron chi connectivity index (χ1n) is 8.18. The van der Waals surface area contributed by atoms with E-state index >= 15 is 0 Å². The van der Waals surface area contributed by atoms with Crippen LogP contribution in [-0.4, -0.2) is 9.55 Å². The topological polar surface area (TPSA) is 37.8 Å². The van der Waals surface area contributed by atoms with Crippen molar-refractivity contribution in [2.24, 2.45) is 0 Å². The van der Waals surface area contributed by atoms with E-state index in [-0.39, 0.29) is 11.4 Å². The normalized spacial score (nSPS) is 11.1. The van der Waals surface area contributed by atoms with Crippen LogP contribution in [0.25, 0.3) is 20.7 Å². The summed E-state index contributed by atoms with van der Waals surface area (Å²) in [6, 6.07) is 18.2. The number of aromatic nitrogens is 2. The highest BCUT2D eigenvalue weighted by atomic mass is 32.1. The highest BCUT2D eigenvalue weighted by Gasteiger charge is 2.11. The molecule has 0 atom stereocenters. The third kappa shape index (κ3) is 3.25. The van der Waals surface area contributed by atoms with Crippen molar-refractivity contribution in [2.75, 3.05) is 0 Å². The third-order valence-corrected chi connectivity index (χ3v) is 5.69. The Morgan fingerprint density at radius 3 is 2.54 bits per heavy atom. The number of nitrogens with zero attached hydrogens (tertiary/aromatic N) is 1. The summed E-state index contributed by atoms with van der Waals surface area (Å²) in [5.74, 6) is -0.267. The fraction of sp³-hybridized carbons (Fsp3) is 0.100. The van der Waals surface area contributed by atoms with Crippen LogP contribution in [0, 0.1) is 10.6 Å². The molecule has 0 aliphatic heterocycles. The summed E-state index contributed by atoms with van der Waals surface area (Å²) >= 11 is 6.91. The van der Waals surface area contributed by atoms with Crippen LogP contribution in [0.3, 0.4) is 0 Å². The quantitative estimate of drug-likeness (QED) is 0.495. The van der Waals surface area contributed by atoms with Gasteiger partial charge in [0.15, 0.2) is 4.77 Å². The molecule has 0 bridgehead atoms. The van der Waals surface area contributed by atoms with Crippen LogP contribution in [0.2, 0.25) is 0 Å². The van der Waals surface area contributed by atoms with E-state index in [0.717, 1.165) is 20.8 Å². The van der Waals surface area contributed by atoms with Crippen LogP contribution >= 0.6 is 23.6 Å². The van der Waals surface area contributed by atoms with Gasteiger partial charge in [0.1, 0.15) is 10.6 Å². The van der Waals surface area contributed by atoms with Crippen molar-refractivity contribution in [3.63, 3.8) is 0 Å². The maximum absolute atomic E-state index is 13.0. The molecule has 0 aliphatic carbocycles. The zero-order valence-corrected chi connectivity index (χ0v) is 15.4. The lowest BCUT2D eigenvalue weighted by Gasteiger charge is -2.06. The molecule has 1 N–H and O–H groups in total. The smallest absolute Gasteiger partial charge is 0.263 e. The molecule has 0 unspecified atom stereocenters. The van der Waals surface area contributed by atoms with Gasteiger partial charge in [-0.15, -0.1) is 11.3 Å². The Morgan fingerprint density at radius 1 is 1.08 bits per heavy atom. The fourth-order valence-corrected chi connectivity index (χ4v) is 4.28. The molecule has 0 saturated carbocycles. The van der Waals surface area contributed by atoms with Crippen molar-refractivity contribution in [3.8, 4) is 10.4 Å². The number of H-pyrrole nitrogens is 1. The Labute approximate surface area is 158 Å². The van der Waals surface area contributed by atoms with Crippen LogP contribution in [0.15, 0.2) is 65.5 Å². The molecule has 4 rings (SSSR count). The van der Waals surface area contributed by atoms with Gasteiger partial charge in [-0.2, -0.15) is 0 Å². The Balaban J connectivity index is 1.70. The van der Waals surface area contributed by atoms with Crippen molar-refractivity contribution >= 4 is 33.8 Å². The summed E-state index contributed by atoms with van der Waals surface area (Å²) in [6.45, 7) is 0.451. The molecule has 3 nitrogen and oxygen atoms in total. The van der Waals surface area contributed by atoms with E-state index in [4.69, 9.17) is 12.2 Å². The number of aryl methyl sites for hydroxylation is 1. The SMILES string of the molecule is O=c1c2cc(-c3ccccc3)sc2[nH]c(=S)n1CCc1ccc(F)cc1. The van der Waals surface area contributed by atoms with Crippen molar-refractivity contribution in [1.29, 1.82) is 0 Å². The van der Waals surface area contributed by atoms with Crippen LogP contribution in [-0.2, 0) is 13.0 Å². The van der Waals surface area contributed by atoms with Gasteiger partial charge in [-0.1, -0.05) is 42.5 Å². The minimum absolute atomic E-state index is 0.0932. The van der Waals surface area contributed by atoms with Gasteiger partial charge in [-0.05, 0) is 48.0 Å². The molecular weight excluding hydrogens is 367 g/mol. The highest BCUT2D eigenvalue weighted by molar-refractivity contribution is 7.71. The molecular formula is C20H15FN2OS2. The average molecular weight is 382 g/mol. The number of rotatable bonds is 4. The lowest BCUT2D eigenvalue weighted by molar-refractivity contribution is 0.623. The van der Waals surface area contributed by atoms with Gasteiger partial charge in [0.05, 0.1) is 5.39 Å². The van der Waals surface area contributed by atoms with Gasteiger partial charge in [0.25, 0.3) is 5.56 Å². The maximum atomic E-state index is 13.0. The minimum Gasteiger partial charge on any atom is -0.323 e. The average Bonchev–Trinajstić information content (AvgIpc) is 3.08. The van der Waals surface area contributed by atoms with E-state index in [9.17, 15) is 9.18 Å². The van der Waals surface area contributed by atoms with Crippen molar-refractivity contribution in [1.82, 2.24) is 9.55 Å². The molecule has 0 aliphatic rings. The summed E-state index contributed by atoms with van der Waals surface area (Å²) in [6.07, 6.45) is 0.610. The molecule has 130 valence electrons. The number of benzene rings is 2. The van der Waals surface area contributed by atoms with Crippen LogP contribution in [0.1, 0.15) is 5.56 Å². The summed E-state index contributed by atoms with van der Waals surface area (Å²) in [5, 5.41) is 0.640. The molecule has 2 heterocycles. The lowest BCUT2D eigenvalue weighted by Crippen LogP contribution is -2.22. The van der Waals surface area contributed by atoms with Crippen molar-refractivity contribution in [2.45, 2.75) is 13.0 Å². The number of nitrogens with one attached hydrogen (secondary N) is 1. The second kappa shape index (κ2) is 6.97. The van der Waals surface area contributed by atoms with E-state index < -0.39 is 0 Å². The molecule has 2 aromatic heterocycles. The minimum atomic E-state index is -0.267. The van der Waals surface area contributed by atoms with E-state index in [2.05, 4.69) is 4.98 Å². The summed E-state index contributed by atoms with van der Waals surface area (Å²) in [4.78, 5) is 17.9. The number of thiophene rings is 1. The molecule has 0 spiro atoms. The summed E-state index contributed by atoms with van der Waals surface area (Å²) in [7, 11) is 0. The van der Waals surface area contributed by atoms with Crippen LogP contribution < -0.4 is 5.56 Å². The third-order valence-electron chi connectivity index (χ3n) is 4.27. The Hall–Kier alpha value is -2.57. The standard InChI is InChI=1S/C20H15FN2OS2/c21-15-8-6-13(7-9-15)10-11-23-19(24)16-12-17(14-4-2-1-3-5-14)26-18(16)22-20(23)25/h1-9,12H,10-11H2,(H,22,25). The predicted octanol–water partition coefficient (Wildman–Crippen LogP) is 5.17. The molecule has 0 saturated heterocycles. The summed E-state index contributed by atoms with van der Waals surface area (Å²) in [5.41, 5.74) is 1.94. The van der Waals surface area contributed by atoms with Gasteiger partial charge < -0.3 is 4.98 Å². The van der Waals surface area contributed by atoms with Gasteiger partial charge in [0, 0.05) is 11.4 Å². The van der Waals surface area contributed by atoms with Crippen LogP contribution in [0.4, 0.5) is 4.39 Å². The van der Waals surface area contributed by atoms with Gasteiger partial charge >= 0.3 is 0 Å². The monoisotopic (exact) mass is 382 g/mol. The Morgan fingerprint density at radius 2 is 1.81 bits per heavy atom. The molecule has 0 fully saturated rings. The molecule has 4 aromatic rings. The number of halogens is 1. The molecule has 6 heteroatoms. The first-order chi connectivity index (χ1) is 12.6. The zero-order chi connectivity index (χ0) is 18.1. The van der Waals surface area contributed by atoms with Gasteiger partial charge in [-0.3, -0.25) is 9.36 Å². The fourth-order valence-electron chi connectivity index (χ4n) is 2.88. The first kappa shape index (κ1) is 16.9. The predicted molar refractivity (Wildman–Crippen MR) is 107 cm³/mol. The first-order valence-corrected chi connectivity index (χ1v) is 9.41. The molecule has 0 radical (unpaired) electrons. The van der Waals surface area contributed by atoms with Crippen LogP contribution in [0.5, 0.6) is 0 Å². The maximum Gasteiger partial charge on any atom is 0.263 e. The van der Waals surface area contributed by atoms with E-state index in [0.29, 0.717) is 23.1 Å². The number of hydrogen-bond donors (Lipinski definition) is 1. The second-order valence-electron chi connectivity index (χ2n) is 5.98. The molecule has 26 heavy (non-hydrogen) atoms. The van der Waals surface area contributed by atoms with E-state index in [1.807, 2.05) is 36.4 Å². The Kier molecular flexibility index (Phi) is 4.53.